The number of nitrogen functional groups attached to an aromatic ring is 1. The molecule has 0 spiro atoms. The number of hydrogen-bond donors (Lipinski definition) is 1. The van der Waals surface area contributed by atoms with Crippen LogP contribution in [0.3, 0.4) is 0 Å². The molecular formula is C15H13N3O2. The summed E-state index contributed by atoms with van der Waals surface area (Å²) in [6.45, 7) is 0. The van der Waals surface area contributed by atoms with Gasteiger partial charge in [-0.05, 0) is 36.4 Å². The van der Waals surface area contributed by atoms with E-state index in [2.05, 4.69) is 4.98 Å². The third-order valence-corrected chi connectivity index (χ3v) is 3.11. The van der Waals surface area contributed by atoms with Gasteiger partial charge in [-0.15, -0.1) is 0 Å². The molecule has 3 aromatic rings. The molecule has 1 amide bonds. The quantitative estimate of drug-likeness (QED) is 0.724. The highest BCUT2D eigenvalue weighted by Crippen LogP contribution is 2.23. The first kappa shape index (κ1) is 12.2. The van der Waals surface area contributed by atoms with Crippen molar-refractivity contribution in [2.24, 2.45) is 0 Å². The maximum atomic E-state index is 12.4. The van der Waals surface area contributed by atoms with Gasteiger partial charge in [-0.1, -0.05) is 0 Å². The summed E-state index contributed by atoms with van der Waals surface area (Å²) < 4.78 is 5.57. The van der Waals surface area contributed by atoms with Crippen molar-refractivity contribution in [2.45, 2.75) is 0 Å². The number of benzene rings is 1. The highest BCUT2D eigenvalue weighted by Gasteiger charge is 2.18. The van der Waals surface area contributed by atoms with Crippen molar-refractivity contribution in [3.05, 3.63) is 54.6 Å². The van der Waals surface area contributed by atoms with Crippen LogP contribution in [0.5, 0.6) is 0 Å². The van der Waals surface area contributed by atoms with Gasteiger partial charge < -0.3 is 15.1 Å². The van der Waals surface area contributed by atoms with Gasteiger partial charge in [-0.25, -0.2) is 0 Å². The number of nitrogens with zero attached hydrogens (tertiary/aromatic N) is 2. The SMILES string of the molecule is CN(C(=O)c1cc2cc(N)ccc2o1)c1ccncc1. The Kier molecular flexibility index (Phi) is 2.87. The van der Waals surface area contributed by atoms with E-state index in [0.717, 1.165) is 11.1 Å². The van der Waals surface area contributed by atoms with Crippen molar-refractivity contribution >= 4 is 28.3 Å². The van der Waals surface area contributed by atoms with Crippen LogP contribution < -0.4 is 10.6 Å². The first-order chi connectivity index (χ1) is 9.65. The van der Waals surface area contributed by atoms with Gasteiger partial charge in [0.2, 0.25) is 0 Å². The predicted octanol–water partition coefficient (Wildman–Crippen LogP) is 2.69. The molecule has 100 valence electrons. The zero-order chi connectivity index (χ0) is 14.1. The van der Waals surface area contributed by atoms with E-state index in [1.165, 1.54) is 4.90 Å². The summed E-state index contributed by atoms with van der Waals surface area (Å²) in [7, 11) is 1.69. The highest BCUT2D eigenvalue weighted by atomic mass is 16.3. The molecule has 0 fully saturated rings. The Balaban J connectivity index is 1.96. The van der Waals surface area contributed by atoms with Gasteiger partial charge in [0.15, 0.2) is 5.76 Å². The molecule has 20 heavy (non-hydrogen) atoms. The summed E-state index contributed by atoms with van der Waals surface area (Å²) in [6, 6.07) is 10.5. The van der Waals surface area contributed by atoms with Crippen LogP contribution in [0.1, 0.15) is 10.6 Å². The zero-order valence-electron chi connectivity index (χ0n) is 10.9. The van der Waals surface area contributed by atoms with E-state index in [4.69, 9.17) is 10.2 Å². The lowest BCUT2D eigenvalue weighted by Gasteiger charge is -2.15. The minimum absolute atomic E-state index is 0.217. The number of furan rings is 1. The maximum absolute atomic E-state index is 12.4. The van der Waals surface area contributed by atoms with Gasteiger partial charge in [0.1, 0.15) is 5.58 Å². The Hall–Kier alpha value is -2.82. The lowest BCUT2D eigenvalue weighted by Crippen LogP contribution is -2.25. The first-order valence-corrected chi connectivity index (χ1v) is 6.12. The van der Waals surface area contributed by atoms with E-state index in [9.17, 15) is 4.79 Å². The highest BCUT2D eigenvalue weighted by molar-refractivity contribution is 6.06. The first-order valence-electron chi connectivity index (χ1n) is 6.12. The fourth-order valence-corrected chi connectivity index (χ4v) is 2.02. The van der Waals surface area contributed by atoms with Crippen molar-refractivity contribution in [1.82, 2.24) is 4.98 Å². The number of nitrogens with two attached hydrogens (primary N) is 1. The molecule has 1 aromatic carbocycles. The third-order valence-electron chi connectivity index (χ3n) is 3.11. The Morgan fingerprint density at radius 2 is 1.95 bits per heavy atom. The Morgan fingerprint density at radius 1 is 1.20 bits per heavy atom. The second kappa shape index (κ2) is 4.70. The molecule has 0 aliphatic heterocycles. The molecule has 0 unspecified atom stereocenters. The van der Waals surface area contributed by atoms with Gasteiger partial charge in [0.25, 0.3) is 5.91 Å². The minimum atomic E-state index is -0.217. The maximum Gasteiger partial charge on any atom is 0.293 e. The molecule has 5 nitrogen and oxygen atoms in total. The molecule has 0 bridgehead atoms. The Morgan fingerprint density at radius 3 is 2.70 bits per heavy atom. The van der Waals surface area contributed by atoms with Crippen LogP contribution in [-0.2, 0) is 0 Å². The van der Waals surface area contributed by atoms with Gasteiger partial charge >= 0.3 is 0 Å². The monoisotopic (exact) mass is 267 g/mol. The fraction of sp³-hybridized carbons (Fsp3) is 0.0667. The molecule has 0 atom stereocenters. The van der Waals surface area contributed by atoms with Crippen LogP contribution in [0.4, 0.5) is 11.4 Å². The molecule has 0 saturated carbocycles. The van der Waals surface area contributed by atoms with Crippen LogP contribution in [0, 0.1) is 0 Å². The van der Waals surface area contributed by atoms with E-state index in [-0.39, 0.29) is 11.7 Å². The van der Waals surface area contributed by atoms with Crippen LogP contribution in [-0.4, -0.2) is 17.9 Å². The van der Waals surface area contributed by atoms with Crippen LogP contribution >= 0.6 is 0 Å². The van der Waals surface area contributed by atoms with E-state index in [0.29, 0.717) is 11.3 Å². The van der Waals surface area contributed by atoms with E-state index < -0.39 is 0 Å². The third kappa shape index (κ3) is 2.09. The lowest BCUT2D eigenvalue weighted by molar-refractivity contribution is 0.0968. The van der Waals surface area contributed by atoms with Crippen LogP contribution in [0.15, 0.2) is 53.2 Å². The lowest BCUT2D eigenvalue weighted by atomic mass is 10.2. The number of fused-ring (bicyclic) bond motifs is 1. The molecular weight excluding hydrogens is 254 g/mol. The summed E-state index contributed by atoms with van der Waals surface area (Å²) in [6.07, 6.45) is 3.27. The molecule has 0 aliphatic carbocycles. The molecule has 3 rings (SSSR count). The molecule has 0 radical (unpaired) electrons. The van der Waals surface area contributed by atoms with Crippen molar-refractivity contribution < 1.29 is 9.21 Å². The second-order valence-corrected chi connectivity index (χ2v) is 4.48. The average Bonchev–Trinajstić information content (AvgIpc) is 2.89. The number of carbonyl (C=O) groups is 1. The molecule has 5 heteroatoms. The van der Waals surface area contributed by atoms with Crippen LogP contribution in [0.2, 0.25) is 0 Å². The summed E-state index contributed by atoms with van der Waals surface area (Å²) in [5.41, 5.74) is 7.75. The number of rotatable bonds is 2. The minimum Gasteiger partial charge on any atom is -0.451 e. The normalized spacial score (nSPS) is 10.7. The smallest absolute Gasteiger partial charge is 0.293 e. The zero-order valence-corrected chi connectivity index (χ0v) is 10.9. The topological polar surface area (TPSA) is 72.4 Å². The number of hydrogen-bond acceptors (Lipinski definition) is 4. The molecule has 0 aliphatic rings. The van der Waals surface area contributed by atoms with Crippen molar-refractivity contribution in [3.8, 4) is 0 Å². The molecule has 2 aromatic heterocycles. The predicted molar refractivity (Wildman–Crippen MR) is 77.6 cm³/mol. The number of pyridine rings is 1. The van der Waals surface area contributed by atoms with Gasteiger partial charge in [-0.3, -0.25) is 9.78 Å². The van der Waals surface area contributed by atoms with E-state index in [1.54, 1.807) is 55.8 Å². The van der Waals surface area contributed by atoms with Crippen molar-refractivity contribution in [1.29, 1.82) is 0 Å². The fourth-order valence-electron chi connectivity index (χ4n) is 2.02. The van der Waals surface area contributed by atoms with Gasteiger partial charge in [-0.2, -0.15) is 0 Å². The molecule has 2 heterocycles. The van der Waals surface area contributed by atoms with Gasteiger partial charge in [0, 0.05) is 36.2 Å². The number of amides is 1. The summed E-state index contributed by atoms with van der Waals surface area (Å²) in [5.74, 6) is 0.0656. The van der Waals surface area contributed by atoms with Gasteiger partial charge in [0.05, 0.1) is 0 Å². The number of carbonyl (C=O) groups excluding carboxylic acids is 1. The van der Waals surface area contributed by atoms with Crippen LogP contribution in [0.25, 0.3) is 11.0 Å². The molecule has 2 N–H and O–H groups in total. The van der Waals surface area contributed by atoms with E-state index in [1.807, 2.05) is 0 Å². The summed E-state index contributed by atoms with van der Waals surface area (Å²) >= 11 is 0. The summed E-state index contributed by atoms with van der Waals surface area (Å²) in [4.78, 5) is 17.8. The standard InChI is InChI=1S/C15H13N3O2/c1-18(12-4-6-17-7-5-12)15(19)14-9-10-8-11(16)2-3-13(10)20-14/h2-9H,16H2,1H3. The number of aromatic nitrogens is 1. The summed E-state index contributed by atoms with van der Waals surface area (Å²) in [5, 5.41) is 0.816. The Labute approximate surface area is 115 Å². The molecule has 0 saturated heterocycles. The van der Waals surface area contributed by atoms with Crippen molar-refractivity contribution in [2.75, 3.05) is 17.7 Å². The average molecular weight is 267 g/mol. The van der Waals surface area contributed by atoms with Crippen molar-refractivity contribution in [3.63, 3.8) is 0 Å². The largest absolute Gasteiger partial charge is 0.451 e. The number of anilines is 2. The van der Waals surface area contributed by atoms with E-state index >= 15 is 0 Å². The second-order valence-electron chi connectivity index (χ2n) is 4.48. The Bertz CT molecular complexity index is 765.